The van der Waals surface area contributed by atoms with Gasteiger partial charge >= 0.3 is 0 Å². The third-order valence-corrected chi connectivity index (χ3v) is 4.65. The van der Waals surface area contributed by atoms with Crippen LogP contribution in [0.5, 0.6) is 0 Å². The Morgan fingerprint density at radius 1 is 1.14 bits per heavy atom. The lowest BCUT2D eigenvalue weighted by molar-refractivity contribution is 0.0740. The minimum atomic E-state index is -0.111. The van der Waals surface area contributed by atoms with Gasteiger partial charge < -0.3 is 10.6 Å². The monoisotopic (exact) mass is 422 g/mol. The van der Waals surface area contributed by atoms with Crippen molar-refractivity contribution in [3.8, 4) is 5.69 Å². The Morgan fingerprint density at radius 3 is 2.39 bits per heavy atom. The van der Waals surface area contributed by atoms with Crippen molar-refractivity contribution in [2.75, 3.05) is 20.1 Å². The van der Waals surface area contributed by atoms with E-state index in [0.29, 0.717) is 18.7 Å². The Hall–Kier alpha value is -2.08. The predicted molar refractivity (Wildman–Crippen MR) is 120 cm³/mol. The minimum Gasteiger partial charge on any atom is -0.341 e. The lowest BCUT2D eigenvalue weighted by Crippen LogP contribution is -2.39. The molecule has 2 N–H and O–H groups in total. The molecule has 0 aliphatic rings. The number of benzene rings is 2. The van der Waals surface area contributed by atoms with Crippen molar-refractivity contribution >= 4 is 41.8 Å². The molecule has 3 aromatic rings. The number of hydrogen-bond donors (Lipinski definition) is 1. The number of aromatic nitrogens is 2. The summed E-state index contributed by atoms with van der Waals surface area (Å²) in [5.41, 5.74) is 9.21. The predicted octanol–water partition coefficient (Wildman–Crippen LogP) is 4.23. The number of amides is 1. The first kappa shape index (κ1) is 24.0. The Morgan fingerprint density at radius 2 is 1.79 bits per heavy atom. The molecule has 1 amide bonds. The fourth-order valence-corrected chi connectivity index (χ4v) is 3.24. The van der Waals surface area contributed by atoms with Crippen LogP contribution in [-0.4, -0.2) is 40.5 Å². The molecule has 1 aromatic heterocycles. The summed E-state index contributed by atoms with van der Waals surface area (Å²) in [6, 6.07) is 15.8. The van der Waals surface area contributed by atoms with Crippen LogP contribution < -0.4 is 5.73 Å². The second-order valence-electron chi connectivity index (χ2n) is 7.56. The summed E-state index contributed by atoms with van der Waals surface area (Å²) in [5.74, 6) is 0.883. The lowest BCUT2D eigenvalue weighted by Gasteiger charge is -2.29. The highest BCUT2D eigenvalue weighted by Crippen LogP contribution is 2.23. The highest BCUT2D eigenvalue weighted by Gasteiger charge is 2.22. The van der Waals surface area contributed by atoms with E-state index in [0.717, 1.165) is 22.5 Å². The summed E-state index contributed by atoms with van der Waals surface area (Å²) < 4.78 is 2.10. The second kappa shape index (κ2) is 9.41. The van der Waals surface area contributed by atoms with Gasteiger partial charge in [-0.1, -0.05) is 32.0 Å². The Labute approximate surface area is 178 Å². The zero-order chi connectivity index (χ0) is 18.9. The van der Waals surface area contributed by atoms with E-state index < -0.39 is 0 Å². The van der Waals surface area contributed by atoms with Gasteiger partial charge in [0.05, 0.1) is 11.0 Å². The fraction of sp³-hybridized carbons (Fsp3) is 0.333. The van der Waals surface area contributed by atoms with E-state index in [2.05, 4.69) is 35.5 Å². The molecule has 28 heavy (non-hydrogen) atoms. The second-order valence-corrected chi connectivity index (χ2v) is 7.56. The number of hydrogen-bond acceptors (Lipinski definition) is 3. The maximum atomic E-state index is 12.8. The van der Waals surface area contributed by atoms with E-state index in [1.165, 1.54) is 0 Å². The first-order chi connectivity index (χ1) is 12.3. The maximum absolute atomic E-state index is 12.8. The summed E-state index contributed by atoms with van der Waals surface area (Å²) in [6.07, 6.45) is 0. The SMILES string of the molecule is Cc1nc2cc(C(=O)N(C)CC(C)(C)CN)ccc2n1-c1ccccc1.Cl.Cl. The molecule has 0 spiro atoms. The summed E-state index contributed by atoms with van der Waals surface area (Å²) in [7, 11) is 1.82. The zero-order valence-electron chi connectivity index (χ0n) is 16.7. The average molecular weight is 423 g/mol. The number of rotatable bonds is 5. The van der Waals surface area contributed by atoms with Crippen LogP contribution in [0.25, 0.3) is 16.7 Å². The summed E-state index contributed by atoms with van der Waals surface area (Å²) in [5, 5.41) is 0. The minimum absolute atomic E-state index is 0. The van der Waals surface area contributed by atoms with E-state index in [1.54, 1.807) is 4.90 Å². The molecule has 152 valence electrons. The standard InChI is InChI=1S/C21H26N4O.2ClH/c1-15-23-18-12-16(20(26)24(4)14-21(2,3)13-22)10-11-19(18)25(15)17-8-6-5-7-9-17;;/h5-12H,13-14,22H2,1-4H3;2*1H. The van der Waals surface area contributed by atoms with Crippen LogP contribution in [0.4, 0.5) is 0 Å². The molecule has 2 aromatic carbocycles. The molecule has 0 bridgehead atoms. The van der Waals surface area contributed by atoms with Crippen molar-refractivity contribution in [1.29, 1.82) is 0 Å². The third-order valence-electron chi connectivity index (χ3n) is 4.65. The highest BCUT2D eigenvalue weighted by molar-refractivity contribution is 5.97. The fourth-order valence-electron chi connectivity index (χ4n) is 3.24. The first-order valence-corrected chi connectivity index (χ1v) is 8.82. The normalized spacial score (nSPS) is 10.9. The van der Waals surface area contributed by atoms with Crippen molar-refractivity contribution in [3.63, 3.8) is 0 Å². The van der Waals surface area contributed by atoms with Crippen molar-refractivity contribution in [1.82, 2.24) is 14.5 Å². The molecule has 0 aliphatic heterocycles. The lowest BCUT2D eigenvalue weighted by atomic mass is 9.93. The van der Waals surface area contributed by atoms with E-state index >= 15 is 0 Å². The molecule has 0 saturated carbocycles. The molecule has 7 heteroatoms. The van der Waals surface area contributed by atoms with Crippen LogP contribution in [0.3, 0.4) is 0 Å². The molecule has 5 nitrogen and oxygen atoms in total. The van der Waals surface area contributed by atoms with Gasteiger partial charge in [0.25, 0.3) is 5.91 Å². The molecule has 0 atom stereocenters. The number of nitrogens with zero attached hydrogens (tertiary/aromatic N) is 3. The van der Waals surface area contributed by atoms with Gasteiger partial charge in [-0.3, -0.25) is 9.36 Å². The molecule has 0 aliphatic carbocycles. The zero-order valence-corrected chi connectivity index (χ0v) is 18.3. The van der Waals surface area contributed by atoms with Crippen LogP contribution >= 0.6 is 24.8 Å². The number of fused-ring (bicyclic) bond motifs is 1. The molecular weight excluding hydrogens is 395 g/mol. The number of aryl methyl sites for hydroxylation is 1. The van der Waals surface area contributed by atoms with Gasteiger partial charge in [-0.25, -0.2) is 4.98 Å². The van der Waals surface area contributed by atoms with Gasteiger partial charge in [0.2, 0.25) is 0 Å². The third kappa shape index (κ3) is 4.85. The van der Waals surface area contributed by atoms with Gasteiger partial charge in [-0.05, 0) is 49.2 Å². The quantitative estimate of drug-likeness (QED) is 0.668. The topological polar surface area (TPSA) is 64.2 Å². The largest absolute Gasteiger partial charge is 0.341 e. The first-order valence-electron chi connectivity index (χ1n) is 8.82. The van der Waals surface area contributed by atoms with E-state index in [4.69, 9.17) is 5.73 Å². The molecule has 0 saturated heterocycles. The van der Waals surface area contributed by atoms with Crippen LogP contribution in [-0.2, 0) is 0 Å². The van der Waals surface area contributed by atoms with Gasteiger partial charge in [-0.2, -0.15) is 0 Å². The molecule has 0 unspecified atom stereocenters. The number of para-hydroxylation sites is 1. The summed E-state index contributed by atoms with van der Waals surface area (Å²) >= 11 is 0. The van der Waals surface area contributed by atoms with Crippen molar-refractivity contribution < 1.29 is 4.79 Å². The smallest absolute Gasteiger partial charge is 0.253 e. The van der Waals surface area contributed by atoms with E-state index in [-0.39, 0.29) is 36.1 Å². The molecule has 3 rings (SSSR count). The molecule has 0 fully saturated rings. The Balaban J connectivity index is 0.00000196. The molecule has 1 heterocycles. The number of halogens is 2. The number of carbonyl (C=O) groups is 1. The Kier molecular flexibility index (Phi) is 8.05. The summed E-state index contributed by atoms with van der Waals surface area (Å²) in [4.78, 5) is 19.2. The summed E-state index contributed by atoms with van der Waals surface area (Å²) in [6.45, 7) is 7.24. The number of imidazole rings is 1. The average Bonchev–Trinajstić information content (AvgIpc) is 2.96. The van der Waals surface area contributed by atoms with Crippen LogP contribution in [0.15, 0.2) is 48.5 Å². The van der Waals surface area contributed by atoms with E-state index in [1.807, 2.05) is 50.4 Å². The highest BCUT2D eigenvalue weighted by atomic mass is 35.5. The maximum Gasteiger partial charge on any atom is 0.253 e. The number of carbonyl (C=O) groups excluding carboxylic acids is 1. The number of nitrogens with two attached hydrogens (primary N) is 1. The van der Waals surface area contributed by atoms with Gasteiger partial charge in [-0.15, -0.1) is 24.8 Å². The Bertz CT molecular complexity index is 938. The van der Waals surface area contributed by atoms with Crippen molar-refractivity contribution in [2.45, 2.75) is 20.8 Å². The van der Waals surface area contributed by atoms with Crippen LogP contribution in [0, 0.1) is 12.3 Å². The van der Waals surface area contributed by atoms with Crippen molar-refractivity contribution in [2.24, 2.45) is 11.1 Å². The van der Waals surface area contributed by atoms with E-state index in [9.17, 15) is 4.79 Å². The van der Waals surface area contributed by atoms with Gasteiger partial charge in [0.1, 0.15) is 5.82 Å². The van der Waals surface area contributed by atoms with Gasteiger partial charge in [0.15, 0.2) is 0 Å². The van der Waals surface area contributed by atoms with Crippen molar-refractivity contribution in [3.05, 3.63) is 59.9 Å². The van der Waals surface area contributed by atoms with Crippen LogP contribution in [0.2, 0.25) is 0 Å². The molecular formula is C21H28Cl2N4O. The van der Waals surface area contributed by atoms with Crippen LogP contribution in [0.1, 0.15) is 30.0 Å². The van der Waals surface area contributed by atoms with Gasteiger partial charge in [0, 0.05) is 24.8 Å². The molecule has 0 radical (unpaired) electrons.